The van der Waals surface area contributed by atoms with Crippen molar-refractivity contribution in [2.75, 3.05) is 44.4 Å². The van der Waals surface area contributed by atoms with Crippen LogP contribution in [0.3, 0.4) is 0 Å². The highest BCUT2D eigenvalue weighted by molar-refractivity contribution is 5.94. The number of morpholine rings is 1. The number of hydrogen-bond donors (Lipinski definition) is 2. The fourth-order valence-electron chi connectivity index (χ4n) is 2.14. The molecule has 1 aliphatic rings. The Balaban J connectivity index is 2.02. The van der Waals surface area contributed by atoms with E-state index in [4.69, 9.17) is 9.84 Å². The molecular formula is C15H21FN2O3. The molecule has 21 heavy (non-hydrogen) atoms. The Kier molecular flexibility index (Phi) is 5.52. The van der Waals surface area contributed by atoms with Crippen LogP contribution in [0, 0.1) is 11.7 Å². The number of anilines is 1. The van der Waals surface area contributed by atoms with E-state index in [9.17, 15) is 9.18 Å². The molecule has 0 spiro atoms. The predicted octanol–water partition coefficient (Wildman–Crippen LogP) is 1.02. The third kappa shape index (κ3) is 4.15. The van der Waals surface area contributed by atoms with E-state index in [0.717, 1.165) is 0 Å². The Morgan fingerprint density at radius 1 is 1.48 bits per heavy atom. The lowest BCUT2D eigenvalue weighted by molar-refractivity contribution is 0.0941. The number of rotatable bonds is 5. The molecule has 1 aliphatic heterocycles. The van der Waals surface area contributed by atoms with Crippen molar-refractivity contribution in [3.8, 4) is 0 Å². The summed E-state index contributed by atoms with van der Waals surface area (Å²) < 4.78 is 19.4. The standard InChI is InChI=1S/C15H21FN2O3/c1-11(10-19)9-17-15(20)12-2-3-14(13(16)8-12)18-4-6-21-7-5-18/h2-3,8,11,19H,4-7,9-10H2,1H3,(H,17,20). The Bertz CT molecular complexity index is 490. The fraction of sp³-hybridized carbons (Fsp3) is 0.533. The molecule has 1 fully saturated rings. The van der Waals surface area contributed by atoms with Gasteiger partial charge in [0.25, 0.3) is 5.91 Å². The lowest BCUT2D eigenvalue weighted by Gasteiger charge is -2.29. The van der Waals surface area contributed by atoms with Crippen LogP contribution in [-0.2, 0) is 4.74 Å². The number of ether oxygens (including phenoxy) is 1. The fourth-order valence-corrected chi connectivity index (χ4v) is 2.14. The second-order valence-corrected chi connectivity index (χ2v) is 5.26. The molecule has 1 heterocycles. The Labute approximate surface area is 123 Å². The summed E-state index contributed by atoms with van der Waals surface area (Å²) >= 11 is 0. The van der Waals surface area contributed by atoms with Gasteiger partial charge in [-0.25, -0.2) is 4.39 Å². The van der Waals surface area contributed by atoms with Crippen LogP contribution in [0.25, 0.3) is 0 Å². The van der Waals surface area contributed by atoms with Gasteiger partial charge in [0.2, 0.25) is 0 Å². The zero-order chi connectivity index (χ0) is 15.2. The van der Waals surface area contributed by atoms with Gasteiger partial charge in [-0.2, -0.15) is 0 Å². The van der Waals surface area contributed by atoms with Crippen molar-refractivity contribution in [1.82, 2.24) is 5.32 Å². The maximum atomic E-state index is 14.2. The SMILES string of the molecule is CC(CO)CNC(=O)c1ccc(N2CCOCC2)c(F)c1. The molecule has 0 aromatic heterocycles. The number of aliphatic hydroxyl groups excluding tert-OH is 1. The molecule has 0 radical (unpaired) electrons. The monoisotopic (exact) mass is 296 g/mol. The lowest BCUT2D eigenvalue weighted by atomic mass is 10.1. The zero-order valence-corrected chi connectivity index (χ0v) is 12.1. The molecule has 0 aliphatic carbocycles. The molecule has 6 heteroatoms. The van der Waals surface area contributed by atoms with E-state index in [2.05, 4.69) is 5.32 Å². The molecular weight excluding hydrogens is 275 g/mol. The van der Waals surface area contributed by atoms with Gasteiger partial charge >= 0.3 is 0 Å². The normalized spacial score (nSPS) is 16.6. The van der Waals surface area contributed by atoms with Crippen molar-refractivity contribution in [3.63, 3.8) is 0 Å². The molecule has 2 N–H and O–H groups in total. The summed E-state index contributed by atoms with van der Waals surface area (Å²) in [6.07, 6.45) is 0. The Morgan fingerprint density at radius 3 is 2.81 bits per heavy atom. The second-order valence-electron chi connectivity index (χ2n) is 5.26. The van der Waals surface area contributed by atoms with Crippen molar-refractivity contribution in [2.45, 2.75) is 6.92 Å². The molecule has 0 bridgehead atoms. The van der Waals surface area contributed by atoms with E-state index in [0.29, 0.717) is 38.5 Å². The van der Waals surface area contributed by atoms with Gasteiger partial charge in [0.05, 0.1) is 18.9 Å². The minimum atomic E-state index is -0.403. The van der Waals surface area contributed by atoms with Crippen molar-refractivity contribution in [2.24, 2.45) is 5.92 Å². The summed E-state index contributed by atoms with van der Waals surface area (Å²) in [4.78, 5) is 13.8. The number of hydrogen-bond acceptors (Lipinski definition) is 4. The summed E-state index contributed by atoms with van der Waals surface area (Å²) in [5, 5.41) is 11.6. The van der Waals surface area contributed by atoms with Crippen molar-refractivity contribution < 1.29 is 19.0 Å². The van der Waals surface area contributed by atoms with E-state index < -0.39 is 5.82 Å². The maximum absolute atomic E-state index is 14.2. The summed E-state index contributed by atoms with van der Waals surface area (Å²) in [7, 11) is 0. The molecule has 1 unspecified atom stereocenters. The van der Waals surface area contributed by atoms with Crippen LogP contribution < -0.4 is 10.2 Å². The number of nitrogens with zero attached hydrogens (tertiary/aromatic N) is 1. The third-order valence-electron chi connectivity index (χ3n) is 3.48. The summed E-state index contributed by atoms with van der Waals surface area (Å²) in [6.45, 7) is 4.66. The Hall–Kier alpha value is -1.66. The molecule has 1 saturated heterocycles. The number of carbonyl (C=O) groups is 1. The second kappa shape index (κ2) is 7.38. The number of benzene rings is 1. The first-order valence-corrected chi connectivity index (χ1v) is 7.13. The van der Waals surface area contributed by atoms with Crippen LogP contribution in [-0.4, -0.2) is 50.5 Å². The summed E-state index contributed by atoms with van der Waals surface area (Å²) in [5.74, 6) is -0.756. The quantitative estimate of drug-likeness (QED) is 0.851. The molecule has 1 aromatic carbocycles. The minimum absolute atomic E-state index is 0.00457. The topological polar surface area (TPSA) is 61.8 Å². The van der Waals surface area contributed by atoms with Crippen molar-refractivity contribution >= 4 is 11.6 Å². The molecule has 1 aromatic rings. The number of amides is 1. The summed E-state index contributed by atoms with van der Waals surface area (Å²) in [6, 6.07) is 4.50. The molecule has 5 nitrogen and oxygen atoms in total. The van der Waals surface area contributed by atoms with Crippen molar-refractivity contribution in [3.05, 3.63) is 29.6 Å². The maximum Gasteiger partial charge on any atom is 0.251 e. The van der Waals surface area contributed by atoms with Crippen LogP contribution in [0.4, 0.5) is 10.1 Å². The number of halogens is 1. The summed E-state index contributed by atoms with van der Waals surface area (Å²) in [5.41, 5.74) is 0.785. The van der Waals surface area contributed by atoms with Crippen LogP contribution >= 0.6 is 0 Å². The highest BCUT2D eigenvalue weighted by Crippen LogP contribution is 2.21. The highest BCUT2D eigenvalue weighted by Gasteiger charge is 2.17. The molecule has 0 saturated carbocycles. The number of carbonyl (C=O) groups excluding carboxylic acids is 1. The van der Waals surface area contributed by atoms with E-state index in [1.54, 1.807) is 12.1 Å². The van der Waals surface area contributed by atoms with Gasteiger partial charge in [0.15, 0.2) is 0 Å². The van der Waals surface area contributed by atoms with Crippen molar-refractivity contribution in [1.29, 1.82) is 0 Å². The van der Waals surface area contributed by atoms with Gasteiger partial charge in [0, 0.05) is 31.8 Å². The van der Waals surface area contributed by atoms with Gasteiger partial charge in [-0.05, 0) is 24.1 Å². The third-order valence-corrected chi connectivity index (χ3v) is 3.48. The lowest BCUT2D eigenvalue weighted by Crippen LogP contribution is -2.36. The van der Waals surface area contributed by atoms with E-state index in [-0.39, 0.29) is 24.0 Å². The van der Waals surface area contributed by atoms with E-state index in [1.807, 2.05) is 11.8 Å². The number of aliphatic hydroxyl groups is 1. The average Bonchev–Trinajstić information content (AvgIpc) is 2.52. The molecule has 1 atom stereocenters. The van der Waals surface area contributed by atoms with Gasteiger partial charge in [-0.1, -0.05) is 6.92 Å². The largest absolute Gasteiger partial charge is 0.396 e. The first kappa shape index (κ1) is 15.7. The van der Waals surface area contributed by atoms with E-state index >= 15 is 0 Å². The first-order chi connectivity index (χ1) is 10.1. The number of nitrogens with one attached hydrogen (secondary N) is 1. The van der Waals surface area contributed by atoms with E-state index in [1.165, 1.54) is 6.07 Å². The van der Waals surface area contributed by atoms with Crippen LogP contribution in [0.15, 0.2) is 18.2 Å². The molecule has 116 valence electrons. The average molecular weight is 296 g/mol. The van der Waals surface area contributed by atoms with Gasteiger partial charge < -0.3 is 20.1 Å². The van der Waals surface area contributed by atoms with Gasteiger partial charge in [0.1, 0.15) is 5.82 Å². The van der Waals surface area contributed by atoms with Crippen LogP contribution in [0.5, 0.6) is 0 Å². The van der Waals surface area contributed by atoms with Gasteiger partial charge in [-0.15, -0.1) is 0 Å². The Morgan fingerprint density at radius 2 is 2.19 bits per heavy atom. The molecule has 2 rings (SSSR count). The minimum Gasteiger partial charge on any atom is -0.396 e. The van der Waals surface area contributed by atoms with Gasteiger partial charge in [-0.3, -0.25) is 4.79 Å². The van der Waals surface area contributed by atoms with Crippen LogP contribution in [0.2, 0.25) is 0 Å². The molecule has 1 amide bonds. The zero-order valence-electron chi connectivity index (χ0n) is 12.1. The van der Waals surface area contributed by atoms with Crippen LogP contribution in [0.1, 0.15) is 17.3 Å². The highest BCUT2D eigenvalue weighted by atomic mass is 19.1. The smallest absolute Gasteiger partial charge is 0.251 e. The first-order valence-electron chi connectivity index (χ1n) is 7.13. The predicted molar refractivity (Wildman–Crippen MR) is 78.0 cm³/mol.